The number of aromatic nitrogens is 2. The Morgan fingerprint density at radius 1 is 0.927 bits per heavy atom. The Hall–Kier alpha value is -5.22. The van der Waals surface area contributed by atoms with Crippen molar-refractivity contribution in [3.63, 3.8) is 0 Å². The molecule has 0 N–H and O–H groups in total. The lowest BCUT2D eigenvalue weighted by molar-refractivity contribution is -0.141. The van der Waals surface area contributed by atoms with Crippen molar-refractivity contribution < 1.29 is 14.3 Å². The zero-order valence-corrected chi connectivity index (χ0v) is 23.3. The van der Waals surface area contributed by atoms with Crippen LogP contribution in [0.15, 0.2) is 102 Å². The number of para-hydroxylation sites is 1. The molecule has 0 spiro atoms. The molecule has 0 radical (unpaired) electrons. The van der Waals surface area contributed by atoms with E-state index in [4.69, 9.17) is 9.84 Å². The molecular formula is C34H30N4O3. The largest absolute Gasteiger partial charge is 0.494 e. The average Bonchev–Trinajstić information content (AvgIpc) is 3.42. The van der Waals surface area contributed by atoms with Crippen molar-refractivity contribution in [1.82, 2.24) is 14.7 Å². The molecule has 0 bridgehead atoms. The van der Waals surface area contributed by atoms with Crippen LogP contribution in [0.25, 0.3) is 23.0 Å². The summed E-state index contributed by atoms with van der Waals surface area (Å²) in [6.45, 7) is 6.38. The number of imide groups is 1. The van der Waals surface area contributed by atoms with Gasteiger partial charge in [0, 0.05) is 22.9 Å². The fraction of sp³-hybridized carbons (Fsp3) is 0.176. The van der Waals surface area contributed by atoms with Gasteiger partial charge < -0.3 is 4.74 Å². The highest BCUT2D eigenvalue weighted by Gasteiger charge is 2.35. The Morgan fingerprint density at radius 2 is 1.63 bits per heavy atom. The molecule has 0 saturated heterocycles. The lowest BCUT2D eigenvalue weighted by atomic mass is 9.93. The standard InChI is InChI=1S/C34H30N4O3/c1-4-18-41-29-16-14-26(15-17-29)32-27(22-38(36-32)28-8-6-5-7-9-28)19-30-24(3)31(20-35)34(40)37(33(30)39)21-25-12-10-23(2)11-13-25/h5-17,19,22H,4,18,21H2,1-3H3/b30-19+. The minimum Gasteiger partial charge on any atom is -0.494 e. The van der Waals surface area contributed by atoms with Gasteiger partial charge in [-0.05, 0) is 73.9 Å². The molecule has 0 unspecified atom stereocenters. The molecule has 0 aliphatic carbocycles. The number of nitriles is 1. The van der Waals surface area contributed by atoms with Crippen molar-refractivity contribution >= 4 is 17.9 Å². The molecule has 0 atom stereocenters. The number of benzene rings is 3. The maximum atomic E-state index is 13.8. The maximum Gasteiger partial charge on any atom is 0.271 e. The summed E-state index contributed by atoms with van der Waals surface area (Å²) in [4.78, 5) is 28.1. The van der Waals surface area contributed by atoms with Crippen LogP contribution in [0.1, 0.15) is 37.0 Å². The lowest BCUT2D eigenvalue weighted by Crippen LogP contribution is -2.42. The van der Waals surface area contributed by atoms with Crippen molar-refractivity contribution in [3.8, 4) is 28.8 Å². The third-order valence-corrected chi connectivity index (χ3v) is 6.95. The maximum absolute atomic E-state index is 13.8. The second-order valence-corrected chi connectivity index (χ2v) is 9.94. The first-order valence-corrected chi connectivity index (χ1v) is 13.5. The van der Waals surface area contributed by atoms with E-state index in [1.807, 2.05) is 98.1 Å². The summed E-state index contributed by atoms with van der Waals surface area (Å²) in [5.41, 5.74) is 5.51. The van der Waals surface area contributed by atoms with Gasteiger partial charge in [-0.3, -0.25) is 14.5 Å². The highest BCUT2D eigenvalue weighted by atomic mass is 16.5. The normalized spacial score (nSPS) is 14.5. The fourth-order valence-electron chi connectivity index (χ4n) is 4.66. The Labute approximate surface area is 239 Å². The first-order valence-electron chi connectivity index (χ1n) is 13.5. The van der Waals surface area contributed by atoms with E-state index in [1.54, 1.807) is 17.7 Å². The number of aryl methyl sites for hydroxylation is 1. The van der Waals surface area contributed by atoms with Crippen molar-refractivity contribution in [3.05, 3.63) is 118 Å². The van der Waals surface area contributed by atoms with Gasteiger partial charge in [-0.2, -0.15) is 10.4 Å². The SMILES string of the molecule is CCCOc1ccc(-c2nn(-c3ccccc3)cc2/C=C2/C(=O)N(Cc3ccc(C)cc3)C(=O)C(C#N)=C2C)cc1. The first-order chi connectivity index (χ1) is 19.9. The van der Waals surface area contributed by atoms with E-state index in [9.17, 15) is 14.9 Å². The average molecular weight is 543 g/mol. The van der Waals surface area contributed by atoms with E-state index in [-0.39, 0.29) is 17.7 Å². The zero-order chi connectivity index (χ0) is 28.9. The molecule has 4 aromatic rings. The summed E-state index contributed by atoms with van der Waals surface area (Å²) in [5.74, 6) is -0.271. The Kier molecular flexibility index (Phi) is 7.93. The van der Waals surface area contributed by atoms with Crippen LogP contribution in [0.4, 0.5) is 0 Å². The lowest BCUT2D eigenvalue weighted by Gasteiger charge is -2.27. The topological polar surface area (TPSA) is 88.2 Å². The first kappa shape index (κ1) is 27.4. The minimum absolute atomic E-state index is 0.0441. The molecule has 1 aromatic heterocycles. The molecule has 5 rings (SSSR count). The Bertz CT molecular complexity index is 1690. The van der Waals surface area contributed by atoms with E-state index >= 15 is 0 Å². The molecule has 1 aliphatic rings. The van der Waals surface area contributed by atoms with Crippen molar-refractivity contribution in [2.24, 2.45) is 0 Å². The van der Waals surface area contributed by atoms with Gasteiger partial charge >= 0.3 is 0 Å². The van der Waals surface area contributed by atoms with Crippen molar-refractivity contribution in [1.29, 1.82) is 5.26 Å². The van der Waals surface area contributed by atoms with Crippen LogP contribution in [0, 0.1) is 18.3 Å². The second kappa shape index (κ2) is 11.9. The van der Waals surface area contributed by atoms with E-state index in [2.05, 4.69) is 6.92 Å². The van der Waals surface area contributed by atoms with Crippen molar-refractivity contribution in [2.75, 3.05) is 6.61 Å². The van der Waals surface area contributed by atoms with E-state index in [1.165, 1.54) is 0 Å². The molecule has 7 nitrogen and oxygen atoms in total. The van der Waals surface area contributed by atoms with Gasteiger partial charge in [0.15, 0.2) is 0 Å². The van der Waals surface area contributed by atoms with Gasteiger partial charge in [0.1, 0.15) is 17.4 Å². The molecule has 0 fully saturated rings. The zero-order valence-electron chi connectivity index (χ0n) is 23.3. The Morgan fingerprint density at radius 3 is 2.29 bits per heavy atom. The van der Waals surface area contributed by atoms with E-state index in [0.717, 1.165) is 39.4 Å². The van der Waals surface area contributed by atoms with Crippen LogP contribution >= 0.6 is 0 Å². The van der Waals surface area contributed by atoms with Crippen LogP contribution in [0.3, 0.4) is 0 Å². The molecule has 204 valence electrons. The van der Waals surface area contributed by atoms with Crippen LogP contribution in [0.5, 0.6) is 5.75 Å². The number of ether oxygens (including phenoxy) is 1. The molecular weight excluding hydrogens is 512 g/mol. The van der Waals surface area contributed by atoms with Gasteiger partial charge in [-0.1, -0.05) is 55.0 Å². The summed E-state index contributed by atoms with van der Waals surface area (Å²) < 4.78 is 7.51. The van der Waals surface area contributed by atoms with Crippen LogP contribution in [-0.4, -0.2) is 33.1 Å². The quantitative estimate of drug-likeness (QED) is 0.189. The number of rotatable bonds is 8. The van der Waals surface area contributed by atoms with E-state index < -0.39 is 11.8 Å². The summed E-state index contributed by atoms with van der Waals surface area (Å²) in [7, 11) is 0. The number of carbonyl (C=O) groups is 2. The predicted octanol–water partition coefficient (Wildman–Crippen LogP) is 6.43. The third-order valence-electron chi connectivity index (χ3n) is 6.95. The number of amides is 2. The summed E-state index contributed by atoms with van der Waals surface area (Å²) >= 11 is 0. The highest BCUT2D eigenvalue weighted by Crippen LogP contribution is 2.32. The molecule has 0 saturated carbocycles. The number of nitrogens with zero attached hydrogens (tertiary/aromatic N) is 4. The summed E-state index contributed by atoms with van der Waals surface area (Å²) in [6.07, 6.45) is 4.50. The molecule has 3 aromatic carbocycles. The highest BCUT2D eigenvalue weighted by molar-refractivity contribution is 6.19. The molecule has 2 heterocycles. The second-order valence-electron chi connectivity index (χ2n) is 9.94. The van der Waals surface area contributed by atoms with Gasteiger partial charge in [0.25, 0.3) is 11.8 Å². The minimum atomic E-state index is -0.587. The smallest absolute Gasteiger partial charge is 0.271 e. The Balaban J connectivity index is 1.60. The van der Waals surface area contributed by atoms with E-state index in [0.29, 0.717) is 23.4 Å². The predicted molar refractivity (Wildman–Crippen MR) is 158 cm³/mol. The number of hydrogen-bond acceptors (Lipinski definition) is 5. The van der Waals surface area contributed by atoms with Gasteiger partial charge in [0.05, 0.1) is 24.5 Å². The van der Waals surface area contributed by atoms with Crippen LogP contribution in [-0.2, 0) is 16.1 Å². The van der Waals surface area contributed by atoms with Gasteiger partial charge in [0.2, 0.25) is 0 Å². The monoisotopic (exact) mass is 542 g/mol. The fourth-order valence-corrected chi connectivity index (χ4v) is 4.66. The third kappa shape index (κ3) is 5.73. The van der Waals surface area contributed by atoms with Crippen LogP contribution in [0.2, 0.25) is 0 Å². The molecule has 2 amide bonds. The summed E-state index contributed by atoms with van der Waals surface area (Å²) in [6, 6.07) is 27.0. The van der Waals surface area contributed by atoms with Gasteiger partial charge in [-0.25, -0.2) is 4.68 Å². The molecule has 7 heteroatoms. The number of carbonyl (C=O) groups excluding carboxylic acids is 2. The van der Waals surface area contributed by atoms with Crippen molar-refractivity contribution in [2.45, 2.75) is 33.7 Å². The van der Waals surface area contributed by atoms with Gasteiger partial charge in [-0.15, -0.1) is 0 Å². The number of hydrogen-bond donors (Lipinski definition) is 0. The summed E-state index contributed by atoms with van der Waals surface area (Å²) in [5, 5.41) is 14.7. The molecule has 41 heavy (non-hydrogen) atoms. The van der Waals surface area contributed by atoms with Crippen LogP contribution < -0.4 is 4.74 Å². The molecule has 1 aliphatic heterocycles.